The molecule has 0 saturated heterocycles. The van der Waals surface area contributed by atoms with Gasteiger partial charge in [0.25, 0.3) is 0 Å². The van der Waals surface area contributed by atoms with Gasteiger partial charge in [-0.2, -0.15) is 0 Å². The molecule has 0 amide bonds. The molecule has 0 rings (SSSR count). The van der Waals surface area contributed by atoms with Gasteiger partial charge in [0.15, 0.2) is 5.79 Å². The van der Waals surface area contributed by atoms with Gasteiger partial charge in [0, 0.05) is 20.6 Å². The normalized spacial score (nSPS) is 12.0. The van der Waals surface area contributed by atoms with Crippen LogP contribution in [-0.2, 0) is 37.9 Å². The zero-order valence-electron chi connectivity index (χ0n) is 18.4. The first-order valence-corrected chi connectivity index (χ1v) is 10.3. The molecule has 0 aromatic carbocycles. The van der Waals surface area contributed by atoms with Crippen molar-refractivity contribution in [2.75, 3.05) is 93.5 Å². The van der Waals surface area contributed by atoms with E-state index in [1.807, 2.05) is 0 Å². The Morgan fingerprint density at radius 3 is 1.18 bits per heavy atom. The minimum Gasteiger partial charge on any atom is -0.382 e. The van der Waals surface area contributed by atoms with E-state index in [0.717, 1.165) is 19.3 Å². The lowest BCUT2D eigenvalue weighted by atomic mass is 10.1. The standard InChI is InChI=1S/C20H42O8/c1-5-7-20(6-2,27-18-16-25-14-12-23-10-8-21-3)28-19-17-26-15-13-24-11-9-22-4/h5-19H2,1-4H3. The van der Waals surface area contributed by atoms with Crippen LogP contribution in [0.5, 0.6) is 0 Å². The number of hydrogen-bond acceptors (Lipinski definition) is 8. The average molecular weight is 411 g/mol. The second kappa shape index (κ2) is 21.4. The SMILES string of the molecule is CCCC(CC)(OCCOCCOCCOC)OCCOCCOCCOC. The van der Waals surface area contributed by atoms with Gasteiger partial charge in [-0.05, 0) is 6.42 Å². The van der Waals surface area contributed by atoms with Gasteiger partial charge in [0.05, 0.1) is 79.3 Å². The minimum atomic E-state index is -0.578. The fourth-order valence-electron chi connectivity index (χ4n) is 2.45. The number of methoxy groups -OCH3 is 2. The molecular weight excluding hydrogens is 368 g/mol. The predicted octanol–water partition coefficient (Wildman–Crippen LogP) is 2.29. The molecule has 0 unspecified atom stereocenters. The molecule has 0 aliphatic carbocycles. The highest BCUT2D eigenvalue weighted by molar-refractivity contribution is 4.67. The Bertz CT molecular complexity index is 282. The Kier molecular flexibility index (Phi) is 21.1. The molecular formula is C20H42O8. The first kappa shape index (κ1) is 27.7. The first-order valence-electron chi connectivity index (χ1n) is 10.3. The Morgan fingerprint density at radius 1 is 0.500 bits per heavy atom. The lowest BCUT2D eigenvalue weighted by Crippen LogP contribution is -2.37. The maximum absolute atomic E-state index is 6.03. The third-order valence-corrected chi connectivity index (χ3v) is 3.96. The van der Waals surface area contributed by atoms with Crippen molar-refractivity contribution in [3.63, 3.8) is 0 Å². The van der Waals surface area contributed by atoms with Crippen molar-refractivity contribution in [2.24, 2.45) is 0 Å². The molecule has 0 spiro atoms. The van der Waals surface area contributed by atoms with E-state index in [2.05, 4.69) is 13.8 Å². The summed E-state index contributed by atoms with van der Waals surface area (Å²) >= 11 is 0. The predicted molar refractivity (Wildman–Crippen MR) is 107 cm³/mol. The van der Waals surface area contributed by atoms with Gasteiger partial charge in [-0.15, -0.1) is 0 Å². The van der Waals surface area contributed by atoms with Crippen LogP contribution in [0.25, 0.3) is 0 Å². The molecule has 0 saturated carbocycles. The molecule has 0 N–H and O–H groups in total. The molecule has 0 aliphatic heterocycles. The second-order valence-electron chi connectivity index (χ2n) is 6.15. The van der Waals surface area contributed by atoms with Gasteiger partial charge in [-0.25, -0.2) is 0 Å². The van der Waals surface area contributed by atoms with Gasteiger partial charge in [-0.1, -0.05) is 20.3 Å². The number of ether oxygens (including phenoxy) is 8. The van der Waals surface area contributed by atoms with E-state index in [0.29, 0.717) is 79.3 Å². The lowest BCUT2D eigenvalue weighted by molar-refractivity contribution is -0.251. The summed E-state index contributed by atoms with van der Waals surface area (Å²) in [5.74, 6) is -0.578. The van der Waals surface area contributed by atoms with E-state index >= 15 is 0 Å². The summed E-state index contributed by atoms with van der Waals surface area (Å²) in [5.41, 5.74) is 0. The maximum atomic E-state index is 6.03. The first-order chi connectivity index (χ1) is 13.7. The highest BCUT2D eigenvalue weighted by atomic mass is 16.7. The zero-order valence-corrected chi connectivity index (χ0v) is 18.4. The lowest BCUT2D eigenvalue weighted by Gasteiger charge is -2.33. The highest BCUT2D eigenvalue weighted by Crippen LogP contribution is 2.24. The van der Waals surface area contributed by atoms with Crippen LogP contribution in [0.4, 0.5) is 0 Å². The van der Waals surface area contributed by atoms with Crippen molar-refractivity contribution in [3.05, 3.63) is 0 Å². The Morgan fingerprint density at radius 2 is 0.857 bits per heavy atom. The topological polar surface area (TPSA) is 73.8 Å². The fourth-order valence-corrected chi connectivity index (χ4v) is 2.45. The largest absolute Gasteiger partial charge is 0.382 e. The summed E-state index contributed by atoms with van der Waals surface area (Å²) < 4.78 is 43.7. The van der Waals surface area contributed by atoms with Crippen LogP contribution in [-0.4, -0.2) is 99.3 Å². The summed E-state index contributed by atoms with van der Waals surface area (Å²) in [6, 6.07) is 0. The van der Waals surface area contributed by atoms with Gasteiger partial charge >= 0.3 is 0 Å². The Hall–Kier alpha value is -0.320. The third kappa shape index (κ3) is 16.6. The van der Waals surface area contributed by atoms with Crippen molar-refractivity contribution in [1.82, 2.24) is 0 Å². The van der Waals surface area contributed by atoms with Crippen molar-refractivity contribution >= 4 is 0 Å². The van der Waals surface area contributed by atoms with E-state index < -0.39 is 5.79 Å². The smallest absolute Gasteiger partial charge is 0.168 e. The van der Waals surface area contributed by atoms with Gasteiger partial charge in [0.2, 0.25) is 0 Å². The van der Waals surface area contributed by atoms with E-state index in [9.17, 15) is 0 Å². The molecule has 0 aliphatic rings. The molecule has 170 valence electrons. The van der Waals surface area contributed by atoms with Crippen LogP contribution in [0.15, 0.2) is 0 Å². The summed E-state index contributed by atoms with van der Waals surface area (Å²) in [6.45, 7) is 10.8. The van der Waals surface area contributed by atoms with Crippen molar-refractivity contribution < 1.29 is 37.9 Å². The second-order valence-corrected chi connectivity index (χ2v) is 6.15. The fraction of sp³-hybridized carbons (Fsp3) is 1.00. The summed E-state index contributed by atoms with van der Waals surface area (Å²) in [4.78, 5) is 0. The molecule has 8 nitrogen and oxygen atoms in total. The molecule has 8 heteroatoms. The molecule has 0 atom stereocenters. The number of rotatable bonds is 23. The monoisotopic (exact) mass is 410 g/mol. The summed E-state index contributed by atoms with van der Waals surface area (Å²) in [7, 11) is 3.31. The van der Waals surface area contributed by atoms with Gasteiger partial charge in [0.1, 0.15) is 0 Å². The quantitative estimate of drug-likeness (QED) is 0.188. The molecule has 0 aromatic rings. The van der Waals surface area contributed by atoms with E-state index in [4.69, 9.17) is 37.9 Å². The van der Waals surface area contributed by atoms with Crippen LogP contribution < -0.4 is 0 Å². The van der Waals surface area contributed by atoms with Crippen LogP contribution in [0, 0.1) is 0 Å². The Balaban J connectivity index is 3.81. The molecule has 28 heavy (non-hydrogen) atoms. The van der Waals surface area contributed by atoms with Crippen LogP contribution in [0.3, 0.4) is 0 Å². The van der Waals surface area contributed by atoms with E-state index in [1.165, 1.54) is 0 Å². The maximum Gasteiger partial charge on any atom is 0.168 e. The molecule has 0 heterocycles. The van der Waals surface area contributed by atoms with Crippen LogP contribution >= 0.6 is 0 Å². The Labute approximate surface area is 171 Å². The minimum absolute atomic E-state index is 0.486. The highest BCUT2D eigenvalue weighted by Gasteiger charge is 2.28. The molecule has 0 bridgehead atoms. The summed E-state index contributed by atoms with van der Waals surface area (Å²) in [6.07, 6.45) is 2.60. The van der Waals surface area contributed by atoms with Crippen molar-refractivity contribution in [3.8, 4) is 0 Å². The van der Waals surface area contributed by atoms with Crippen LogP contribution in [0.2, 0.25) is 0 Å². The zero-order chi connectivity index (χ0) is 20.8. The average Bonchev–Trinajstić information content (AvgIpc) is 2.71. The molecule has 0 fully saturated rings. The molecule has 0 radical (unpaired) electrons. The van der Waals surface area contributed by atoms with Gasteiger partial charge in [-0.3, -0.25) is 0 Å². The van der Waals surface area contributed by atoms with Crippen LogP contribution in [0.1, 0.15) is 33.1 Å². The summed E-state index contributed by atoms with van der Waals surface area (Å²) in [5, 5.41) is 0. The van der Waals surface area contributed by atoms with Crippen molar-refractivity contribution in [1.29, 1.82) is 0 Å². The van der Waals surface area contributed by atoms with Gasteiger partial charge < -0.3 is 37.9 Å². The molecule has 0 aromatic heterocycles. The van der Waals surface area contributed by atoms with Crippen molar-refractivity contribution in [2.45, 2.75) is 38.9 Å². The van der Waals surface area contributed by atoms with E-state index in [1.54, 1.807) is 14.2 Å². The van der Waals surface area contributed by atoms with E-state index in [-0.39, 0.29) is 0 Å². The number of hydrogen-bond donors (Lipinski definition) is 0. The third-order valence-electron chi connectivity index (χ3n) is 3.96.